The minimum Gasteiger partial charge on any atom is -0.368 e. The Labute approximate surface area is 104 Å². The van der Waals surface area contributed by atoms with Crippen molar-refractivity contribution in [1.29, 1.82) is 5.26 Å². The second-order valence-corrected chi connectivity index (χ2v) is 4.86. The molecule has 1 saturated carbocycles. The van der Waals surface area contributed by atoms with Crippen LogP contribution in [-0.2, 0) is 0 Å². The van der Waals surface area contributed by atoms with Gasteiger partial charge in [-0.15, -0.1) is 0 Å². The Balaban J connectivity index is 2.35. The average molecular weight is 228 g/mol. The van der Waals surface area contributed by atoms with Crippen LogP contribution in [0.3, 0.4) is 0 Å². The predicted molar refractivity (Wildman–Crippen MR) is 71.2 cm³/mol. The van der Waals surface area contributed by atoms with E-state index in [0.717, 1.165) is 17.8 Å². The van der Waals surface area contributed by atoms with E-state index < -0.39 is 0 Å². The maximum absolute atomic E-state index is 9.22. The first-order valence-corrected chi connectivity index (χ1v) is 6.53. The van der Waals surface area contributed by atoms with Gasteiger partial charge in [-0.25, -0.2) is 0 Å². The molecular weight excluding hydrogens is 208 g/mol. The number of rotatable bonds is 3. The monoisotopic (exact) mass is 228 g/mol. The van der Waals surface area contributed by atoms with E-state index in [4.69, 9.17) is 0 Å². The van der Waals surface area contributed by atoms with Crippen LogP contribution in [0.5, 0.6) is 0 Å². The van der Waals surface area contributed by atoms with Gasteiger partial charge in [0.25, 0.3) is 0 Å². The Morgan fingerprint density at radius 3 is 2.65 bits per heavy atom. The molecule has 17 heavy (non-hydrogen) atoms. The lowest BCUT2D eigenvalue weighted by atomic mass is 10.1. The van der Waals surface area contributed by atoms with E-state index in [2.05, 4.69) is 30.9 Å². The van der Waals surface area contributed by atoms with E-state index >= 15 is 0 Å². The van der Waals surface area contributed by atoms with Gasteiger partial charge in [-0.2, -0.15) is 5.26 Å². The van der Waals surface area contributed by atoms with Gasteiger partial charge in [0, 0.05) is 12.6 Å². The number of nitrogens with zero attached hydrogens (tertiary/aromatic N) is 2. The highest BCUT2D eigenvalue weighted by Gasteiger charge is 2.23. The highest BCUT2D eigenvalue weighted by Crippen LogP contribution is 2.30. The van der Waals surface area contributed by atoms with E-state index in [0.29, 0.717) is 6.04 Å². The molecule has 2 nitrogen and oxygen atoms in total. The lowest BCUT2D eigenvalue weighted by molar-refractivity contribution is 0.619. The van der Waals surface area contributed by atoms with Gasteiger partial charge in [-0.1, -0.05) is 18.9 Å². The van der Waals surface area contributed by atoms with Crippen molar-refractivity contribution in [3.05, 3.63) is 29.3 Å². The van der Waals surface area contributed by atoms with Crippen molar-refractivity contribution in [2.24, 2.45) is 0 Å². The zero-order valence-corrected chi connectivity index (χ0v) is 10.7. The lowest BCUT2D eigenvalue weighted by Gasteiger charge is -2.31. The molecule has 0 aliphatic heterocycles. The minimum absolute atomic E-state index is 0.633. The smallest absolute Gasteiger partial charge is 0.101 e. The van der Waals surface area contributed by atoms with Crippen LogP contribution in [0.2, 0.25) is 0 Å². The maximum Gasteiger partial charge on any atom is 0.101 e. The lowest BCUT2D eigenvalue weighted by Crippen LogP contribution is -2.33. The third kappa shape index (κ3) is 2.44. The van der Waals surface area contributed by atoms with Crippen LogP contribution < -0.4 is 4.90 Å². The van der Waals surface area contributed by atoms with Crippen LogP contribution >= 0.6 is 0 Å². The van der Waals surface area contributed by atoms with Crippen molar-refractivity contribution in [2.75, 3.05) is 11.4 Å². The van der Waals surface area contributed by atoms with Crippen LogP contribution in [0, 0.1) is 18.3 Å². The van der Waals surface area contributed by atoms with Crippen molar-refractivity contribution >= 4 is 5.69 Å². The van der Waals surface area contributed by atoms with Crippen molar-refractivity contribution in [1.82, 2.24) is 0 Å². The first kappa shape index (κ1) is 12.0. The van der Waals surface area contributed by atoms with Gasteiger partial charge in [0.2, 0.25) is 0 Å². The molecule has 0 unspecified atom stereocenters. The summed E-state index contributed by atoms with van der Waals surface area (Å²) in [6, 6.07) is 9.07. The summed E-state index contributed by atoms with van der Waals surface area (Å²) >= 11 is 0. The molecule has 0 bridgehead atoms. The Morgan fingerprint density at radius 1 is 1.35 bits per heavy atom. The fraction of sp³-hybridized carbons (Fsp3) is 0.533. The Kier molecular flexibility index (Phi) is 3.68. The van der Waals surface area contributed by atoms with Crippen molar-refractivity contribution in [2.45, 2.75) is 45.6 Å². The number of nitriles is 1. The van der Waals surface area contributed by atoms with E-state index in [1.807, 2.05) is 12.1 Å². The number of benzene rings is 1. The van der Waals surface area contributed by atoms with E-state index in [-0.39, 0.29) is 0 Å². The van der Waals surface area contributed by atoms with Gasteiger partial charge in [-0.05, 0) is 44.4 Å². The average Bonchev–Trinajstić information content (AvgIpc) is 2.84. The molecule has 1 aliphatic carbocycles. The molecular formula is C15H20N2. The van der Waals surface area contributed by atoms with Crippen LogP contribution in [0.25, 0.3) is 0 Å². The molecule has 0 N–H and O–H groups in total. The van der Waals surface area contributed by atoms with Crippen LogP contribution in [0.15, 0.2) is 18.2 Å². The van der Waals surface area contributed by atoms with Gasteiger partial charge < -0.3 is 4.90 Å². The summed E-state index contributed by atoms with van der Waals surface area (Å²) in [5.74, 6) is 0. The van der Waals surface area contributed by atoms with Gasteiger partial charge in [0.05, 0.1) is 11.3 Å². The molecule has 0 spiro atoms. The van der Waals surface area contributed by atoms with Crippen LogP contribution in [-0.4, -0.2) is 12.6 Å². The molecule has 2 heteroatoms. The Hall–Kier alpha value is -1.49. The first-order valence-electron chi connectivity index (χ1n) is 6.53. The molecule has 90 valence electrons. The largest absolute Gasteiger partial charge is 0.368 e. The minimum atomic E-state index is 0.633. The van der Waals surface area contributed by atoms with Crippen molar-refractivity contribution in [3.8, 4) is 6.07 Å². The summed E-state index contributed by atoms with van der Waals surface area (Å²) in [6.07, 6.45) is 5.20. The maximum atomic E-state index is 9.22. The zero-order chi connectivity index (χ0) is 12.3. The highest BCUT2D eigenvalue weighted by molar-refractivity contribution is 5.61. The van der Waals surface area contributed by atoms with E-state index in [1.165, 1.54) is 31.2 Å². The van der Waals surface area contributed by atoms with Crippen molar-refractivity contribution in [3.63, 3.8) is 0 Å². The summed E-state index contributed by atoms with van der Waals surface area (Å²) < 4.78 is 0. The summed E-state index contributed by atoms with van der Waals surface area (Å²) in [7, 11) is 0. The quantitative estimate of drug-likeness (QED) is 0.789. The van der Waals surface area contributed by atoms with E-state index in [1.54, 1.807) is 0 Å². The number of hydrogen-bond acceptors (Lipinski definition) is 2. The highest BCUT2D eigenvalue weighted by atomic mass is 15.2. The molecule has 0 amide bonds. The Bertz CT molecular complexity index is 425. The topological polar surface area (TPSA) is 27.0 Å². The third-order valence-electron chi connectivity index (χ3n) is 3.69. The second kappa shape index (κ2) is 5.23. The molecule has 0 atom stereocenters. The molecule has 0 heterocycles. The molecule has 1 aliphatic rings. The molecule has 2 rings (SSSR count). The number of anilines is 1. The normalized spacial score (nSPS) is 15.8. The van der Waals surface area contributed by atoms with Crippen LogP contribution in [0.1, 0.15) is 43.7 Å². The second-order valence-electron chi connectivity index (χ2n) is 4.86. The number of hydrogen-bond donors (Lipinski definition) is 0. The zero-order valence-electron chi connectivity index (χ0n) is 10.7. The van der Waals surface area contributed by atoms with Gasteiger partial charge in [0.1, 0.15) is 6.07 Å². The van der Waals surface area contributed by atoms with Gasteiger partial charge in [-0.3, -0.25) is 0 Å². The molecule has 1 aromatic rings. The first-order chi connectivity index (χ1) is 8.26. The number of aryl methyl sites for hydroxylation is 1. The van der Waals surface area contributed by atoms with E-state index in [9.17, 15) is 5.26 Å². The fourth-order valence-electron chi connectivity index (χ4n) is 2.82. The summed E-state index contributed by atoms with van der Waals surface area (Å²) in [5.41, 5.74) is 3.17. The van der Waals surface area contributed by atoms with Crippen molar-refractivity contribution < 1.29 is 0 Å². The summed E-state index contributed by atoms with van der Waals surface area (Å²) in [6.45, 7) is 5.26. The predicted octanol–water partition coefficient (Wildman–Crippen LogP) is 3.64. The fourth-order valence-corrected chi connectivity index (χ4v) is 2.82. The molecule has 1 aromatic carbocycles. The summed E-state index contributed by atoms with van der Waals surface area (Å²) in [5, 5.41) is 9.22. The molecule has 0 radical (unpaired) electrons. The Morgan fingerprint density at radius 2 is 2.06 bits per heavy atom. The standard InChI is InChI=1S/C15H20N2/c1-3-17(14-6-4-5-7-14)15-10-12(2)8-9-13(15)11-16/h8-10,14H,3-7H2,1-2H3. The van der Waals surface area contributed by atoms with Gasteiger partial charge in [0.15, 0.2) is 0 Å². The molecule has 1 fully saturated rings. The molecule has 0 saturated heterocycles. The molecule has 0 aromatic heterocycles. The third-order valence-corrected chi connectivity index (χ3v) is 3.69. The summed E-state index contributed by atoms with van der Waals surface area (Å²) in [4.78, 5) is 2.42. The van der Waals surface area contributed by atoms with Crippen LogP contribution in [0.4, 0.5) is 5.69 Å². The van der Waals surface area contributed by atoms with Gasteiger partial charge >= 0.3 is 0 Å². The SMILES string of the molecule is CCN(c1cc(C)ccc1C#N)C1CCCC1.